The number of benzene rings is 1. The van der Waals surface area contributed by atoms with E-state index in [4.69, 9.17) is 0 Å². The van der Waals surface area contributed by atoms with Crippen LogP contribution < -0.4 is 5.32 Å². The van der Waals surface area contributed by atoms with Gasteiger partial charge < -0.3 is 5.32 Å². The van der Waals surface area contributed by atoms with E-state index in [0.717, 1.165) is 12.5 Å². The summed E-state index contributed by atoms with van der Waals surface area (Å²) in [7, 11) is 0. The Bertz CT molecular complexity index is 303. The molecule has 0 amide bonds. The molecule has 1 atom stereocenters. The fourth-order valence-electron chi connectivity index (χ4n) is 2.57. The van der Waals surface area contributed by atoms with E-state index in [-0.39, 0.29) is 0 Å². The van der Waals surface area contributed by atoms with Crippen LogP contribution in [0.1, 0.15) is 57.1 Å². The normalized spacial score (nSPS) is 17.7. The molecular weight excluding hydrogens is 206 g/mol. The summed E-state index contributed by atoms with van der Waals surface area (Å²) in [6, 6.07) is 11.5. The molecule has 0 aliphatic heterocycles. The summed E-state index contributed by atoms with van der Waals surface area (Å²) in [5.74, 6) is 1.02. The van der Waals surface area contributed by atoms with Crippen molar-refractivity contribution in [3.63, 3.8) is 0 Å². The van der Waals surface area contributed by atoms with E-state index in [1.807, 2.05) is 0 Å². The van der Waals surface area contributed by atoms with Crippen LogP contribution in [0.25, 0.3) is 0 Å². The molecule has 0 bridgehead atoms. The molecule has 17 heavy (non-hydrogen) atoms. The fraction of sp³-hybridized carbons (Fsp3) is 0.625. The van der Waals surface area contributed by atoms with E-state index in [0.29, 0.717) is 6.04 Å². The van der Waals surface area contributed by atoms with Crippen LogP contribution >= 0.6 is 0 Å². The van der Waals surface area contributed by atoms with E-state index in [2.05, 4.69) is 42.6 Å². The number of rotatable bonds is 7. The molecule has 0 aromatic heterocycles. The van der Waals surface area contributed by atoms with Crippen LogP contribution in [0.5, 0.6) is 0 Å². The monoisotopic (exact) mass is 231 g/mol. The lowest BCUT2D eigenvalue weighted by molar-refractivity contribution is 0.275. The van der Waals surface area contributed by atoms with Crippen molar-refractivity contribution in [3.8, 4) is 0 Å². The van der Waals surface area contributed by atoms with Gasteiger partial charge in [0, 0.05) is 6.04 Å². The zero-order valence-electron chi connectivity index (χ0n) is 11.0. The quantitative estimate of drug-likeness (QED) is 0.737. The minimum atomic E-state index is 0.566. The van der Waals surface area contributed by atoms with Crippen molar-refractivity contribution in [1.82, 2.24) is 5.32 Å². The highest BCUT2D eigenvalue weighted by Crippen LogP contribution is 2.33. The Morgan fingerprint density at radius 1 is 1.24 bits per heavy atom. The summed E-state index contributed by atoms with van der Waals surface area (Å²) in [5.41, 5.74) is 1.46. The van der Waals surface area contributed by atoms with Crippen molar-refractivity contribution in [3.05, 3.63) is 35.9 Å². The van der Waals surface area contributed by atoms with Gasteiger partial charge in [-0.3, -0.25) is 0 Å². The molecule has 2 rings (SSSR count). The van der Waals surface area contributed by atoms with Crippen LogP contribution in [0.3, 0.4) is 0 Å². The molecule has 0 saturated heterocycles. The summed E-state index contributed by atoms with van der Waals surface area (Å²) in [6.45, 7) is 3.37. The molecule has 1 aliphatic rings. The van der Waals surface area contributed by atoms with E-state index >= 15 is 0 Å². The largest absolute Gasteiger partial charge is 0.310 e. The summed E-state index contributed by atoms with van der Waals surface area (Å²) in [6.07, 6.45) is 8.31. The van der Waals surface area contributed by atoms with Gasteiger partial charge in [0.1, 0.15) is 0 Å². The molecule has 0 heterocycles. The third kappa shape index (κ3) is 3.85. The van der Waals surface area contributed by atoms with Gasteiger partial charge in [0.2, 0.25) is 0 Å². The zero-order chi connectivity index (χ0) is 11.9. The maximum absolute atomic E-state index is 3.69. The van der Waals surface area contributed by atoms with Gasteiger partial charge in [0.25, 0.3) is 0 Å². The number of hydrogen-bond donors (Lipinski definition) is 1. The van der Waals surface area contributed by atoms with Gasteiger partial charge in [-0.15, -0.1) is 0 Å². The van der Waals surface area contributed by atoms with Gasteiger partial charge in [-0.1, -0.05) is 56.5 Å². The summed E-state index contributed by atoms with van der Waals surface area (Å²) >= 11 is 0. The Balaban J connectivity index is 1.87. The highest BCUT2D eigenvalue weighted by atomic mass is 14.9. The predicted molar refractivity (Wildman–Crippen MR) is 74.1 cm³/mol. The van der Waals surface area contributed by atoms with Crippen molar-refractivity contribution in [2.75, 3.05) is 6.54 Å². The van der Waals surface area contributed by atoms with Crippen LogP contribution in [-0.2, 0) is 0 Å². The van der Waals surface area contributed by atoms with Crippen LogP contribution in [0.2, 0.25) is 0 Å². The molecule has 94 valence electrons. The molecule has 1 fully saturated rings. The first-order chi connectivity index (χ1) is 8.40. The lowest BCUT2D eigenvalue weighted by Crippen LogP contribution is -2.23. The van der Waals surface area contributed by atoms with Gasteiger partial charge in [0.15, 0.2) is 0 Å². The molecule has 1 aromatic rings. The fourth-order valence-corrected chi connectivity index (χ4v) is 2.57. The summed E-state index contributed by atoms with van der Waals surface area (Å²) in [5, 5.41) is 3.69. The Hall–Kier alpha value is -0.820. The molecular formula is C16H25N. The van der Waals surface area contributed by atoms with E-state index < -0.39 is 0 Å². The van der Waals surface area contributed by atoms with Gasteiger partial charge in [-0.05, 0) is 37.3 Å². The first kappa shape index (κ1) is 12.6. The smallest absolute Gasteiger partial charge is 0.0320 e. The van der Waals surface area contributed by atoms with Crippen LogP contribution in [-0.4, -0.2) is 6.54 Å². The van der Waals surface area contributed by atoms with Gasteiger partial charge in [-0.25, -0.2) is 0 Å². The Labute approximate surface area is 106 Å². The SMILES string of the molecule is CCCNC(CCC1CCC1)c1ccccc1. The molecule has 1 aromatic carbocycles. The van der Waals surface area contributed by atoms with Crippen LogP contribution in [0.4, 0.5) is 0 Å². The third-order valence-electron chi connectivity index (χ3n) is 3.93. The molecule has 1 saturated carbocycles. The predicted octanol–water partition coefficient (Wildman–Crippen LogP) is 4.31. The second-order valence-electron chi connectivity index (χ2n) is 5.29. The maximum atomic E-state index is 3.69. The summed E-state index contributed by atoms with van der Waals surface area (Å²) < 4.78 is 0. The van der Waals surface area contributed by atoms with Gasteiger partial charge >= 0.3 is 0 Å². The number of nitrogens with one attached hydrogen (secondary N) is 1. The Morgan fingerprint density at radius 3 is 2.59 bits per heavy atom. The second-order valence-corrected chi connectivity index (χ2v) is 5.29. The van der Waals surface area contributed by atoms with Crippen molar-refractivity contribution in [2.45, 2.75) is 51.5 Å². The zero-order valence-corrected chi connectivity index (χ0v) is 11.0. The minimum Gasteiger partial charge on any atom is -0.310 e. The topological polar surface area (TPSA) is 12.0 Å². The first-order valence-electron chi connectivity index (χ1n) is 7.18. The minimum absolute atomic E-state index is 0.566. The Kier molecular flexibility index (Phi) is 5.06. The average Bonchev–Trinajstić information content (AvgIpc) is 2.32. The van der Waals surface area contributed by atoms with Crippen molar-refractivity contribution in [2.24, 2.45) is 5.92 Å². The molecule has 1 N–H and O–H groups in total. The highest BCUT2D eigenvalue weighted by molar-refractivity contribution is 5.18. The molecule has 1 heteroatoms. The van der Waals surface area contributed by atoms with Crippen molar-refractivity contribution >= 4 is 0 Å². The maximum Gasteiger partial charge on any atom is 0.0320 e. The molecule has 1 unspecified atom stereocenters. The van der Waals surface area contributed by atoms with Crippen molar-refractivity contribution < 1.29 is 0 Å². The van der Waals surface area contributed by atoms with E-state index in [1.165, 1.54) is 44.1 Å². The Morgan fingerprint density at radius 2 is 2.00 bits per heavy atom. The lowest BCUT2D eigenvalue weighted by Gasteiger charge is -2.28. The molecule has 1 nitrogen and oxygen atoms in total. The second kappa shape index (κ2) is 6.80. The van der Waals surface area contributed by atoms with Crippen LogP contribution in [0.15, 0.2) is 30.3 Å². The van der Waals surface area contributed by atoms with Gasteiger partial charge in [-0.2, -0.15) is 0 Å². The average molecular weight is 231 g/mol. The molecule has 0 spiro atoms. The third-order valence-corrected chi connectivity index (χ3v) is 3.93. The van der Waals surface area contributed by atoms with E-state index in [9.17, 15) is 0 Å². The molecule has 0 radical (unpaired) electrons. The lowest BCUT2D eigenvalue weighted by atomic mass is 9.81. The number of hydrogen-bond acceptors (Lipinski definition) is 1. The molecule has 1 aliphatic carbocycles. The summed E-state index contributed by atoms with van der Waals surface area (Å²) in [4.78, 5) is 0. The van der Waals surface area contributed by atoms with Gasteiger partial charge in [0.05, 0.1) is 0 Å². The van der Waals surface area contributed by atoms with Crippen LogP contribution in [0, 0.1) is 5.92 Å². The first-order valence-corrected chi connectivity index (χ1v) is 7.18. The van der Waals surface area contributed by atoms with E-state index in [1.54, 1.807) is 0 Å². The van der Waals surface area contributed by atoms with Crippen molar-refractivity contribution in [1.29, 1.82) is 0 Å². The standard InChI is InChI=1S/C16H25N/c1-2-13-17-16(12-11-14-7-6-8-14)15-9-4-3-5-10-15/h3-5,9-10,14,16-17H,2,6-8,11-13H2,1H3. The highest BCUT2D eigenvalue weighted by Gasteiger charge is 2.19.